The minimum Gasteiger partial charge on any atom is -0.370 e. The molecule has 22 heavy (non-hydrogen) atoms. The first kappa shape index (κ1) is 16.7. The molecule has 0 unspecified atom stereocenters. The van der Waals surface area contributed by atoms with E-state index in [1.807, 2.05) is 12.1 Å². The summed E-state index contributed by atoms with van der Waals surface area (Å²) in [5, 5.41) is 0. The first-order valence-corrected chi connectivity index (χ1v) is 8.20. The van der Waals surface area contributed by atoms with E-state index in [4.69, 9.17) is 9.47 Å². The van der Waals surface area contributed by atoms with Crippen LogP contribution in [0.2, 0.25) is 0 Å². The van der Waals surface area contributed by atoms with Gasteiger partial charge in [0.1, 0.15) is 12.2 Å². The molecule has 0 aliphatic carbocycles. The summed E-state index contributed by atoms with van der Waals surface area (Å²) in [6.07, 6.45) is 1.85. The zero-order valence-corrected chi connectivity index (χ0v) is 13.6. The third-order valence-corrected chi connectivity index (χ3v) is 3.53. The van der Waals surface area contributed by atoms with Crippen LogP contribution in [0, 0.1) is 0 Å². The molecule has 2 aromatic carbocycles. The molecule has 118 valence electrons. The zero-order chi connectivity index (χ0) is 15.6. The highest BCUT2D eigenvalue weighted by Gasteiger charge is 2.26. The number of ether oxygens (including phenoxy) is 2. The van der Waals surface area contributed by atoms with Crippen molar-refractivity contribution in [1.29, 1.82) is 0 Å². The predicted octanol–water partition coefficient (Wildman–Crippen LogP) is 5.32. The van der Waals surface area contributed by atoms with E-state index in [1.54, 1.807) is 0 Å². The lowest BCUT2D eigenvalue weighted by Crippen LogP contribution is -2.19. The topological polar surface area (TPSA) is 18.5 Å². The van der Waals surface area contributed by atoms with Gasteiger partial charge in [0, 0.05) is 13.2 Å². The Hall–Kier alpha value is -1.64. The number of rotatable bonds is 9. The van der Waals surface area contributed by atoms with Crippen molar-refractivity contribution in [2.75, 3.05) is 13.2 Å². The van der Waals surface area contributed by atoms with Gasteiger partial charge in [-0.2, -0.15) is 0 Å². The van der Waals surface area contributed by atoms with Crippen LogP contribution in [-0.2, 0) is 9.47 Å². The van der Waals surface area contributed by atoms with Crippen LogP contribution < -0.4 is 0 Å². The largest absolute Gasteiger partial charge is 0.370 e. The summed E-state index contributed by atoms with van der Waals surface area (Å²) >= 11 is 0. The Kier molecular flexibility index (Phi) is 7.14. The normalized spacial score (nSPS) is 13.7. The Morgan fingerprint density at radius 2 is 1.00 bits per heavy atom. The third-order valence-electron chi connectivity index (χ3n) is 3.53. The maximum Gasteiger partial charge on any atom is 0.113 e. The van der Waals surface area contributed by atoms with Gasteiger partial charge in [0.05, 0.1) is 0 Å². The van der Waals surface area contributed by atoms with E-state index in [-0.39, 0.29) is 12.2 Å². The highest BCUT2D eigenvalue weighted by Crippen LogP contribution is 2.35. The van der Waals surface area contributed by atoms with E-state index >= 15 is 0 Å². The second-order valence-electron chi connectivity index (χ2n) is 5.40. The monoisotopic (exact) mass is 298 g/mol. The Balaban J connectivity index is 2.30. The van der Waals surface area contributed by atoms with Crippen LogP contribution in [0.1, 0.15) is 50.0 Å². The number of benzene rings is 2. The molecule has 0 aliphatic rings. The van der Waals surface area contributed by atoms with E-state index in [0.717, 1.165) is 26.1 Å². The second-order valence-corrected chi connectivity index (χ2v) is 5.40. The Morgan fingerprint density at radius 3 is 1.32 bits per heavy atom. The van der Waals surface area contributed by atoms with Crippen LogP contribution >= 0.6 is 0 Å². The molecular weight excluding hydrogens is 272 g/mol. The van der Waals surface area contributed by atoms with Crippen molar-refractivity contribution < 1.29 is 9.47 Å². The fraction of sp³-hybridized carbons (Fsp3) is 0.400. The quantitative estimate of drug-likeness (QED) is 0.623. The summed E-state index contributed by atoms with van der Waals surface area (Å²) < 4.78 is 12.3. The molecule has 0 saturated carbocycles. The van der Waals surface area contributed by atoms with Gasteiger partial charge in [-0.15, -0.1) is 0 Å². The molecule has 2 nitrogen and oxygen atoms in total. The minimum atomic E-state index is -0.0740. The van der Waals surface area contributed by atoms with E-state index in [0.29, 0.717) is 0 Å². The van der Waals surface area contributed by atoms with Crippen molar-refractivity contribution in [2.24, 2.45) is 0 Å². The fourth-order valence-electron chi connectivity index (χ4n) is 2.49. The average Bonchev–Trinajstić information content (AvgIpc) is 2.59. The molecule has 0 heterocycles. The van der Waals surface area contributed by atoms with Crippen molar-refractivity contribution >= 4 is 0 Å². The molecule has 0 aromatic heterocycles. The van der Waals surface area contributed by atoms with Gasteiger partial charge in [0.15, 0.2) is 0 Å². The summed E-state index contributed by atoms with van der Waals surface area (Å²) in [4.78, 5) is 0. The Morgan fingerprint density at radius 1 is 0.636 bits per heavy atom. The van der Waals surface area contributed by atoms with Crippen molar-refractivity contribution in [1.82, 2.24) is 0 Å². The smallest absolute Gasteiger partial charge is 0.113 e. The van der Waals surface area contributed by atoms with Crippen molar-refractivity contribution in [3.05, 3.63) is 71.8 Å². The first-order valence-electron chi connectivity index (χ1n) is 8.20. The lowest BCUT2D eigenvalue weighted by atomic mass is 9.98. The molecule has 0 N–H and O–H groups in total. The molecule has 0 bridgehead atoms. The van der Waals surface area contributed by atoms with E-state index in [1.165, 1.54) is 11.1 Å². The molecule has 0 amide bonds. The van der Waals surface area contributed by atoms with Gasteiger partial charge in [0.25, 0.3) is 0 Å². The van der Waals surface area contributed by atoms with Gasteiger partial charge >= 0.3 is 0 Å². The van der Waals surface area contributed by atoms with E-state index in [2.05, 4.69) is 62.4 Å². The molecule has 0 saturated heterocycles. The molecule has 2 atom stereocenters. The molecule has 2 rings (SSSR count). The molecule has 2 heteroatoms. The van der Waals surface area contributed by atoms with Gasteiger partial charge in [-0.25, -0.2) is 0 Å². The van der Waals surface area contributed by atoms with Crippen LogP contribution in [0.3, 0.4) is 0 Å². The van der Waals surface area contributed by atoms with Gasteiger partial charge in [-0.1, -0.05) is 74.5 Å². The van der Waals surface area contributed by atoms with Crippen LogP contribution in [0.5, 0.6) is 0 Å². The molecular formula is C20H26O2. The second kappa shape index (κ2) is 9.39. The lowest BCUT2D eigenvalue weighted by Gasteiger charge is -2.28. The van der Waals surface area contributed by atoms with Crippen LogP contribution in [-0.4, -0.2) is 13.2 Å². The Bertz CT molecular complexity index is 460. The van der Waals surface area contributed by atoms with Crippen LogP contribution in [0.15, 0.2) is 60.7 Å². The van der Waals surface area contributed by atoms with Gasteiger partial charge < -0.3 is 9.47 Å². The first-order chi connectivity index (χ1) is 10.9. The fourth-order valence-corrected chi connectivity index (χ4v) is 2.49. The predicted molar refractivity (Wildman–Crippen MR) is 90.9 cm³/mol. The van der Waals surface area contributed by atoms with Gasteiger partial charge in [-0.3, -0.25) is 0 Å². The SMILES string of the molecule is CCCO[C@H](c1ccccc1)[C@H](OCCC)c1ccccc1. The lowest BCUT2D eigenvalue weighted by molar-refractivity contribution is -0.0780. The maximum absolute atomic E-state index is 6.17. The summed E-state index contributed by atoms with van der Waals surface area (Å²) in [5.74, 6) is 0. The molecule has 0 fully saturated rings. The van der Waals surface area contributed by atoms with Crippen molar-refractivity contribution in [3.63, 3.8) is 0 Å². The molecule has 0 radical (unpaired) electrons. The summed E-state index contributed by atoms with van der Waals surface area (Å²) in [6, 6.07) is 20.8. The molecule has 2 aromatic rings. The summed E-state index contributed by atoms with van der Waals surface area (Å²) in [6.45, 7) is 5.73. The van der Waals surface area contributed by atoms with Gasteiger partial charge in [-0.05, 0) is 24.0 Å². The van der Waals surface area contributed by atoms with Crippen LogP contribution in [0.25, 0.3) is 0 Å². The minimum absolute atomic E-state index is 0.0740. The Labute approximate surface area is 134 Å². The standard InChI is InChI=1S/C20H26O2/c1-3-15-21-19(17-11-7-5-8-12-17)20(22-16-4-2)18-13-9-6-10-14-18/h5-14,19-20H,3-4,15-16H2,1-2H3/t19-,20-/m1/s1. The van der Waals surface area contributed by atoms with E-state index < -0.39 is 0 Å². The van der Waals surface area contributed by atoms with Crippen LogP contribution in [0.4, 0.5) is 0 Å². The summed E-state index contributed by atoms with van der Waals surface area (Å²) in [7, 11) is 0. The summed E-state index contributed by atoms with van der Waals surface area (Å²) in [5.41, 5.74) is 2.34. The molecule has 0 spiro atoms. The third kappa shape index (κ3) is 4.69. The van der Waals surface area contributed by atoms with Crippen molar-refractivity contribution in [3.8, 4) is 0 Å². The zero-order valence-electron chi connectivity index (χ0n) is 13.6. The highest BCUT2D eigenvalue weighted by atomic mass is 16.5. The van der Waals surface area contributed by atoms with Gasteiger partial charge in [0.2, 0.25) is 0 Å². The highest BCUT2D eigenvalue weighted by molar-refractivity contribution is 5.25. The number of hydrogen-bond donors (Lipinski definition) is 0. The molecule has 0 aliphatic heterocycles. The van der Waals surface area contributed by atoms with Crippen molar-refractivity contribution in [2.45, 2.75) is 38.9 Å². The average molecular weight is 298 g/mol. The maximum atomic E-state index is 6.17. The number of hydrogen-bond acceptors (Lipinski definition) is 2. The van der Waals surface area contributed by atoms with E-state index in [9.17, 15) is 0 Å².